The molecule has 0 radical (unpaired) electrons. The van der Waals surface area contributed by atoms with Crippen LogP contribution in [0.5, 0.6) is 5.75 Å². The Balaban J connectivity index is 2.00. The molecule has 0 bridgehead atoms. The zero-order valence-corrected chi connectivity index (χ0v) is 13.0. The Kier molecular flexibility index (Phi) is 3.87. The van der Waals surface area contributed by atoms with Crippen molar-refractivity contribution < 1.29 is 26.3 Å². The van der Waals surface area contributed by atoms with Crippen molar-refractivity contribution in [1.82, 2.24) is 0 Å². The summed E-state index contributed by atoms with van der Waals surface area (Å²) in [6.45, 7) is -1.51. The van der Waals surface area contributed by atoms with E-state index >= 15 is 0 Å². The smallest absolute Gasteiger partial charge is 0.422 e. The van der Waals surface area contributed by atoms with Gasteiger partial charge in [-0.3, -0.25) is 0 Å². The fourth-order valence-corrected chi connectivity index (χ4v) is 4.58. The minimum atomic E-state index is -4.52. The molecule has 2 aromatic rings. The molecule has 0 saturated heterocycles. The van der Waals surface area contributed by atoms with Gasteiger partial charge in [0.05, 0.1) is 10.6 Å². The summed E-state index contributed by atoms with van der Waals surface area (Å²) in [5.41, 5.74) is 0.526. The highest BCUT2D eigenvalue weighted by Crippen LogP contribution is 2.42. The maximum Gasteiger partial charge on any atom is 0.422 e. The van der Waals surface area contributed by atoms with Crippen molar-refractivity contribution in [2.45, 2.75) is 16.3 Å². The first kappa shape index (κ1) is 16.5. The molecule has 1 N–H and O–H groups in total. The van der Waals surface area contributed by atoms with Crippen molar-refractivity contribution in [3.63, 3.8) is 0 Å². The zero-order chi connectivity index (χ0) is 17.5. The van der Waals surface area contributed by atoms with Crippen molar-refractivity contribution in [3.8, 4) is 5.75 Å². The molecule has 0 fully saturated rings. The average Bonchev–Trinajstić information content (AvgIpc) is 2.72. The second kappa shape index (κ2) is 5.62. The minimum Gasteiger partial charge on any atom is -0.484 e. The van der Waals surface area contributed by atoms with Crippen molar-refractivity contribution in [2.24, 2.45) is 0 Å². The number of hydrogen-bond donors (Lipinski definition) is 1. The van der Waals surface area contributed by atoms with Crippen LogP contribution < -0.4 is 4.74 Å². The van der Waals surface area contributed by atoms with Crippen LogP contribution in [0.1, 0.15) is 16.4 Å². The van der Waals surface area contributed by atoms with Crippen LogP contribution in [0.4, 0.5) is 13.2 Å². The van der Waals surface area contributed by atoms with Crippen LogP contribution in [0, 0.1) is 5.41 Å². The van der Waals surface area contributed by atoms with E-state index in [-0.39, 0.29) is 21.9 Å². The molecule has 4 nitrogen and oxygen atoms in total. The Hall–Kier alpha value is -2.35. The highest BCUT2D eigenvalue weighted by atomic mass is 32.2. The van der Waals surface area contributed by atoms with Gasteiger partial charge in [-0.15, -0.1) is 0 Å². The van der Waals surface area contributed by atoms with Crippen LogP contribution in [0.3, 0.4) is 0 Å². The third kappa shape index (κ3) is 2.89. The van der Waals surface area contributed by atoms with Crippen LogP contribution in [-0.4, -0.2) is 26.9 Å². The Morgan fingerprint density at radius 1 is 1.08 bits per heavy atom. The first-order valence-corrected chi connectivity index (χ1v) is 8.46. The SMILES string of the molecule is N=C1c2ccc(OCC(F)(F)F)cc2S(=O)(=O)[C@@H]1c1ccccc1. The second-order valence-corrected chi connectivity index (χ2v) is 7.31. The summed E-state index contributed by atoms with van der Waals surface area (Å²) < 4.78 is 66.8. The fourth-order valence-electron chi connectivity index (χ4n) is 2.61. The quantitative estimate of drug-likeness (QED) is 0.916. The van der Waals surface area contributed by atoms with E-state index in [4.69, 9.17) is 5.41 Å². The summed E-state index contributed by atoms with van der Waals surface area (Å²) >= 11 is 0. The number of sulfone groups is 1. The number of fused-ring (bicyclic) bond motifs is 1. The van der Waals surface area contributed by atoms with Crippen molar-refractivity contribution in [3.05, 3.63) is 59.7 Å². The lowest BCUT2D eigenvalue weighted by molar-refractivity contribution is -0.153. The maximum absolute atomic E-state index is 12.7. The van der Waals surface area contributed by atoms with Gasteiger partial charge in [0.25, 0.3) is 0 Å². The molecule has 3 rings (SSSR count). The van der Waals surface area contributed by atoms with Crippen molar-refractivity contribution in [2.75, 3.05) is 6.61 Å². The normalized spacial score (nSPS) is 19.1. The number of rotatable bonds is 3. The van der Waals surface area contributed by atoms with Gasteiger partial charge in [0.15, 0.2) is 16.4 Å². The van der Waals surface area contributed by atoms with Gasteiger partial charge < -0.3 is 10.1 Å². The topological polar surface area (TPSA) is 67.2 Å². The monoisotopic (exact) mass is 355 g/mol. The zero-order valence-electron chi connectivity index (χ0n) is 12.2. The summed E-state index contributed by atoms with van der Waals surface area (Å²) in [4.78, 5) is -0.180. The molecule has 0 saturated carbocycles. The van der Waals surface area contributed by atoms with E-state index in [1.54, 1.807) is 30.3 Å². The van der Waals surface area contributed by atoms with Gasteiger partial charge >= 0.3 is 6.18 Å². The molecule has 1 aliphatic heterocycles. The first-order valence-electron chi connectivity index (χ1n) is 6.91. The molecule has 0 amide bonds. The fraction of sp³-hybridized carbons (Fsp3) is 0.188. The van der Waals surface area contributed by atoms with E-state index in [0.29, 0.717) is 5.56 Å². The standard InChI is InChI=1S/C16H12F3NO3S/c17-16(18,19)9-23-11-6-7-12-13(8-11)24(21,22)15(14(12)20)10-4-2-1-3-5-10/h1-8,15,20H,9H2/t15-/m1/s1. The average molecular weight is 355 g/mol. The predicted molar refractivity (Wildman–Crippen MR) is 81.2 cm³/mol. The maximum atomic E-state index is 12.7. The largest absolute Gasteiger partial charge is 0.484 e. The van der Waals surface area contributed by atoms with Crippen LogP contribution in [0.25, 0.3) is 0 Å². The molecular formula is C16H12F3NO3S. The lowest BCUT2D eigenvalue weighted by Crippen LogP contribution is -2.19. The number of benzene rings is 2. The molecule has 1 aliphatic rings. The first-order chi connectivity index (χ1) is 11.2. The summed E-state index contributed by atoms with van der Waals surface area (Å²) in [5, 5.41) is 6.99. The van der Waals surface area contributed by atoms with E-state index < -0.39 is 27.9 Å². The van der Waals surface area contributed by atoms with E-state index in [1.165, 1.54) is 12.1 Å². The summed E-state index contributed by atoms with van der Waals surface area (Å²) in [7, 11) is -3.91. The summed E-state index contributed by atoms with van der Waals surface area (Å²) in [6, 6.07) is 11.9. The van der Waals surface area contributed by atoms with Crippen LogP contribution in [-0.2, 0) is 9.84 Å². The van der Waals surface area contributed by atoms with Crippen LogP contribution in [0.15, 0.2) is 53.4 Å². The molecule has 2 aromatic carbocycles. The van der Waals surface area contributed by atoms with Gasteiger partial charge in [-0.05, 0) is 23.8 Å². The van der Waals surface area contributed by atoms with E-state index in [0.717, 1.165) is 6.07 Å². The minimum absolute atomic E-state index is 0.0985. The van der Waals surface area contributed by atoms with E-state index in [9.17, 15) is 21.6 Å². The number of hydrogen-bond acceptors (Lipinski definition) is 4. The third-order valence-corrected chi connectivity index (χ3v) is 5.71. The highest BCUT2D eigenvalue weighted by molar-refractivity contribution is 7.93. The Bertz CT molecular complexity index is 893. The van der Waals surface area contributed by atoms with Crippen molar-refractivity contribution in [1.29, 1.82) is 5.41 Å². The van der Waals surface area contributed by atoms with Gasteiger partial charge in [-0.2, -0.15) is 13.2 Å². The van der Waals surface area contributed by atoms with Crippen LogP contribution in [0.2, 0.25) is 0 Å². The number of halogens is 3. The van der Waals surface area contributed by atoms with Gasteiger partial charge in [0.2, 0.25) is 0 Å². The lowest BCUT2D eigenvalue weighted by atomic mass is 10.0. The molecule has 0 spiro atoms. The number of nitrogens with one attached hydrogen (secondary N) is 1. The van der Waals surface area contributed by atoms with Gasteiger partial charge in [-0.25, -0.2) is 8.42 Å². The second-order valence-electron chi connectivity index (χ2n) is 5.31. The van der Waals surface area contributed by atoms with E-state index in [2.05, 4.69) is 4.74 Å². The summed E-state index contributed by atoms with van der Waals surface area (Å²) in [6.07, 6.45) is -4.52. The number of ether oxygens (including phenoxy) is 1. The summed E-state index contributed by atoms with van der Waals surface area (Å²) in [5.74, 6) is -0.198. The lowest BCUT2D eigenvalue weighted by Gasteiger charge is -2.10. The molecule has 1 heterocycles. The molecule has 8 heteroatoms. The Morgan fingerprint density at radius 2 is 1.75 bits per heavy atom. The molecule has 0 aromatic heterocycles. The molecule has 126 valence electrons. The molecule has 1 atom stereocenters. The molecule has 24 heavy (non-hydrogen) atoms. The molecule has 0 aliphatic carbocycles. The van der Waals surface area contributed by atoms with Gasteiger partial charge in [0, 0.05) is 5.56 Å². The molecular weight excluding hydrogens is 343 g/mol. The molecule has 0 unspecified atom stereocenters. The Morgan fingerprint density at radius 3 is 2.38 bits per heavy atom. The highest BCUT2D eigenvalue weighted by Gasteiger charge is 2.43. The van der Waals surface area contributed by atoms with Crippen molar-refractivity contribution >= 4 is 15.5 Å². The third-order valence-electron chi connectivity index (χ3n) is 3.63. The van der Waals surface area contributed by atoms with E-state index in [1.807, 2.05) is 0 Å². The van der Waals surface area contributed by atoms with Gasteiger partial charge in [-0.1, -0.05) is 30.3 Å². The number of alkyl halides is 3. The Labute approximate surface area is 136 Å². The van der Waals surface area contributed by atoms with Crippen LogP contribution >= 0.6 is 0 Å². The van der Waals surface area contributed by atoms with Gasteiger partial charge in [0.1, 0.15) is 11.0 Å². The predicted octanol–water partition coefficient (Wildman–Crippen LogP) is 3.52.